The van der Waals surface area contributed by atoms with E-state index in [1.165, 1.54) is 11.1 Å². The van der Waals surface area contributed by atoms with Crippen molar-refractivity contribution >= 4 is 29.0 Å². The van der Waals surface area contributed by atoms with Crippen molar-refractivity contribution in [2.75, 3.05) is 6.54 Å². The largest absolute Gasteiger partial charge is 0.318 e. The number of nitrogens with one attached hydrogen (secondary N) is 1. The van der Waals surface area contributed by atoms with Gasteiger partial charge in [-0.1, -0.05) is 42.8 Å². The zero-order chi connectivity index (χ0) is 22.2. The Labute approximate surface area is 188 Å². The van der Waals surface area contributed by atoms with Crippen LogP contribution in [0.1, 0.15) is 72.5 Å². The van der Waals surface area contributed by atoms with Gasteiger partial charge >= 0.3 is 0 Å². The maximum Gasteiger partial charge on any atom is 0.224 e. The van der Waals surface area contributed by atoms with Crippen LogP contribution in [0.25, 0.3) is 0 Å². The number of nitrogens with two attached hydrogens (primary N) is 1. The van der Waals surface area contributed by atoms with E-state index in [0.29, 0.717) is 35.7 Å². The number of hydrogen-bond donors (Lipinski definition) is 2. The molecule has 2 unspecified atom stereocenters. The highest BCUT2D eigenvalue weighted by molar-refractivity contribution is 6.32. The van der Waals surface area contributed by atoms with E-state index >= 15 is 0 Å². The lowest BCUT2D eigenvalue weighted by molar-refractivity contribution is -0.120. The topological polar surface area (TPSA) is 72.2 Å². The minimum absolute atomic E-state index is 0.0793. The number of carbonyl (C=O) groups excluding carboxylic acids is 2. The molecule has 1 heterocycles. The van der Waals surface area contributed by atoms with Crippen LogP contribution in [0, 0.1) is 0 Å². The quantitative estimate of drug-likeness (QED) is 0.511. The molecular formula is C25H29ClN3O2+. The fourth-order valence-corrected chi connectivity index (χ4v) is 5.03. The summed E-state index contributed by atoms with van der Waals surface area (Å²) in [5.41, 5.74) is 4.98. The fraction of sp³-hybridized carbons (Fsp3) is 0.360. The highest BCUT2D eigenvalue weighted by Gasteiger charge is 2.39. The first-order valence-electron chi connectivity index (χ1n) is 11.0. The van der Waals surface area contributed by atoms with Crippen LogP contribution in [-0.4, -0.2) is 18.2 Å². The number of aryl methyl sites for hydroxylation is 1. The van der Waals surface area contributed by atoms with Gasteiger partial charge < -0.3 is 5.32 Å². The summed E-state index contributed by atoms with van der Waals surface area (Å²) in [5.74, 6) is 6.39. The van der Waals surface area contributed by atoms with E-state index in [-0.39, 0.29) is 27.9 Å². The highest BCUT2D eigenvalue weighted by Crippen LogP contribution is 2.43. The lowest BCUT2D eigenvalue weighted by Gasteiger charge is -2.34. The van der Waals surface area contributed by atoms with Crippen LogP contribution in [0.4, 0.5) is 5.69 Å². The van der Waals surface area contributed by atoms with Gasteiger partial charge in [-0.2, -0.15) is 10.4 Å². The summed E-state index contributed by atoms with van der Waals surface area (Å²) >= 11 is 6.79. The smallest absolute Gasteiger partial charge is 0.224 e. The van der Waals surface area contributed by atoms with Crippen LogP contribution in [0.5, 0.6) is 0 Å². The average molecular weight is 439 g/mol. The van der Waals surface area contributed by atoms with E-state index in [4.69, 9.17) is 17.4 Å². The summed E-state index contributed by atoms with van der Waals surface area (Å²) in [6.07, 6.45) is 5.82. The Hall–Kier alpha value is -2.47. The lowest BCUT2D eigenvalue weighted by atomic mass is 9.78. The number of halogens is 1. The lowest BCUT2D eigenvalue weighted by Crippen LogP contribution is -2.55. The van der Waals surface area contributed by atoms with Crippen molar-refractivity contribution in [3.05, 3.63) is 75.6 Å². The molecule has 0 saturated heterocycles. The first-order chi connectivity index (χ1) is 14.9. The van der Waals surface area contributed by atoms with Gasteiger partial charge in [0.05, 0.1) is 10.6 Å². The van der Waals surface area contributed by atoms with Crippen molar-refractivity contribution in [2.24, 2.45) is 5.84 Å². The van der Waals surface area contributed by atoms with E-state index in [1.54, 1.807) is 6.20 Å². The number of carbonyl (C=O) groups is 2. The molecule has 2 atom stereocenters. The van der Waals surface area contributed by atoms with Crippen LogP contribution < -0.4 is 15.8 Å². The van der Waals surface area contributed by atoms with Gasteiger partial charge in [-0.25, -0.2) is 0 Å². The number of allylic oxidation sites excluding steroid dienone is 1. The Morgan fingerprint density at radius 1 is 1.23 bits per heavy atom. The summed E-state index contributed by atoms with van der Waals surface area (Å²) < 4.78 is -0.0793. The minimum Gasteiger partial charge on any atom is -0.318 e. The number of ketones is 1. The molecule has 4 rings (SSSR count). The van der Waals surface area contributed by atoms with Crippen LogP contribution in [0.2, 0.25) is 5.02 Å². The molecule has 0 spiro atoms. The fourth-order valence-electron chi connectivity index (χ4n) is 4.74. The Bertz CT molecular complexity index is 1080. The summed E-state index contributed by atoms with van der Waals surface area (Å²) in [6, 6.07) is 12.2. The Balaban J connectivity index is 1.80. The Morgan fingerprint density at radius 2 is 2.00 bits per heavy atom. The maximum atomic E-state index is 13.4. The number of benzene rings is 2. The van der Waals surface area contributed by atoms with Gasteiger partial charge in [0.25, 0.3) is 0 Å². The summed E-state index contributed by atoms with van der Waals surface area (Å²) in [5, 5.41) is 3.40. The van der Waals surface area contributed by atoms with E-state index in [1.807, 2.05) is 26.0 Å². The normalized spacial score (nSPS) is 22.4. The van der Waals surface area contributed by atoms with Gasteiger partial charge in [0.15, 0.2) is 5.69 Å². The van der Waals surface area contributed by atoms with E-state index < -0.39 is 0 Å². The van der Waals surface area contributed by atoms with E-state index in [0.717, 1.165) is 24.8 Å². The molecule has 3 N–H and O–H groups in total. The van der Waals surface area contributed by atoms with Crippen molar-refractivity contribution in [2.45, 2.75) is 51.9 Å². The first-order valence-corrected chi connectivity index (χ1v) is 11.4. The molecule has 2 aromatic carbocycles. The van der Waals surface area contributed by atoms with Gasteiger partial charge in [0.2, 0.25) is 11.7 Å². The molecule has 0 aromatic heterocycles. The minimum atomic E-state index is -0.214. The average Bonchev–Trinajstić information content (AvgIpc) is 2.77. The number of nitrogens with zero attached hydrogens (tertiary/aromatic N) is 1. The number of quaternary nitrogens is 1. The number of amides is 1. The van der Waals surface area contributed by atoms with E-state index in [9.17, 15) is 9.59 Å². The first kappa shape index (κ1) is 21.8. The van der Waals surface area contributed by atoms with Crippen molar-refractivity contribution in [1.29, 1.82) is 0 Å². The van der Waals surface area contributed by atoms with Crippen LogP contribution >= 0.6 is 11.6 Å². The molecule has 6 heteroatoms. The van der Waals surface area contributed by atoms with Gasteiger partial charge in [-0.05, 0) is 55.4 Å². The molecular weight excluding hydrogens is 410 g/mol. The van der Waals surface area contributed by atoms with Gasteiger partial charge in [-0.3, -0.25) is 9.59 Å². The van der Waals surface area contributed by atoms with Crippen LogP contribution in [0.15, 0.2) is 48.3 Å². The number of hydrogen-bond acceptors (Lipinski definition) is 3. The van der Waals surface area contributed by atoms with Gasteiger partial charge in [0, 0.05) is 18.4 Å². The van der Waals surface area contributed by atoms with Crippen LogP contribution in [-0.2, 0) is 11.2 Å². The number of Topliss-reactive ketones (excluding diaryl/α,β-unsaturated/α-hetero) is 1. The maximum absolute atomic E-state index is 13.4. The molecule has 162 valence electrons. The molecule has 5 nitrogen and oxygen atoms in total. The molecule has 0 radical (unpaired) electrons. The molecule has 0 fully saturated rings. The highest BCUT2D eigenvalue weighted by atomic mass is 35.5. The third-order valence-electron chi connectivity index (χ3n) is 6.43. The second-order valence-corrected chi connectivity index (χ2v) is 8.86. The molecule has 2 aliphatic rings. The predicted octanol–water partition coefficient (Wildman–Crippen LogP) is 4.96. The third kappa shape index (κ3) is 3.93. The summed E-state index contributed by atoms with van der Waals surface area (Å²) in [7, 11) is 0. The standard InChI is InChI=1S/C25H28ClN3O2/c1-3-8-24(30)28-22-15-29(27,4-2)23-14-21(26)19(13-20(23)25(22)31)18-12-7-10-16-9-5-6-11-17(16)18/h5-6,9,11,13-15,18H,3-4,7-8,10,12,27H2,1-2H3/p+1. The zero-order valence-corrected chi connectivity index (χ0v) is 18.8. The second-order valence-electron chi connectivity index (χ2n) is 8.45. The molecule has 31 heavy (non-hydrogen) atoms. The van der Waals surface area contributed by atoms with Crippen molar-refractivity contribution in [1.82, 2.24) is 9.91 Å². The molecule has 1 aliphatic carbocycles. The van der Waals surface area contributed by atoms with E-state index in [2.05, 4.69) is 29.6 Å². The van der Waals surface area contributed by atoms with Crippen molar-refractivity contribution in [3.63, 3.8) is 0 Å². The summed E-state index contributed by atoms with van der Waals surface area (Å²) in [6.45, 7) is 4.40. The SMILES string of the molecule is CCCC(=O)NC1=C[N+](N)(CC)c2cc(Cl)c(C3CCCc4ccccc43)cc2C1=O. The van der Waals surface area contributed by atoms with Gasteiger partial charge in [-0.15, -0.1) is 0 Å². The third-order valence-corrected chi connectivity index (χ3v) is 6.76. The Kier molecular flexibility index (Phi) is 6.02. The Morgan fingerprint density at radius 3 is 2.74 bits per heavy atom. The van der Waals surface area contributed by atoms with Crippen molar-refractivity contribution < 1.29 is 9.59 Å². The van der Waals surface area contributed by atoms with Gasteiger partial charge in [0.1, 0.15) is 18.4 Å². The van der Waals surface area contributed by atoms with Crippen LogP contribution in [0.3, 0.4) is 0 Å². The molecule has 0 saturated carbocycles. The molecule has 1 amide bonds. The molecule has 1 aliphatic heterocycles. The predicted molar refractivity (Wildman–Crippen MR) is 125 cm³/mol. The zero-order valence-electron chi connectivity index (χ0n) is 18.1. The molecule has 2 aromatic rings. The summed E-state index contributed by atoms with van der Waals surface area (Å²) in [4.78, 5) is 25.6. The molecule has 0 bridgehead atoms. The number of rotatable bonds is 5. The number of fused-ring (bicyclic) bond motifs is 2. The second kappa shape index (κ2) is 8.58. The van der Waals surface area contributed by atoms with Crippen molar-refractivity contribution in [3.8, 4) is 0 Å². The monoisotopic (exact) mass is 438 g/mol.